The van der Waals surface area contributed by atoms with Crippen LogP contribution in [-0.2, 0) is 11.3 Å². The summed E-state index contributed by atoms with van der Waals surface area (Å²) in [5.41, 5.74) is 3.76. The van der Waals surface area contributed by atoms with Crippen molar-refractivity contribution in [2.24, 2.45) is 5.92 Å². The monoisotopic (exact) mass is 394 g/mol. The van der Waals surface area contributed by atoms with E-state index in [2.05, 4.69) is 17.1 Å². The van der Waals surface area contributed by atoms with Gasteiger partial charge in [0.2, 0.25) is 0 Å². The lowest BCUT2D eigenvalue weighted by Gasteiger charge is -2.30. The molecule has 5 heteroatoms. The smallest absolute Gasteiger partial charge is 0.338 e. The average Bonchev–Trinajstić information content (AvgIpc) is 2.70. The Kier molecular flexibility index (Phi) is 7.04. The molecule has 29 heavy (non-hydrogen) atoms. The zero-order valence-corrected chi connectivity index (χ0v) is 17.5. The third-order valence-corrected chi connectivity index (χ3v) is 5.36. The molecule has 0 saturated carbocycles. The summed E-state index contributed by atoms with van der Waals surface area (Å²) >= 11 is 0. The Morgan fingerprint density at radius 1 is 1.14 bits per heavy atom. The summed E-state index contributed by atoms with van der Waals surface area (Å²) in [5.74, 6) is 0.175. The first kappa shape index (κ1) is 21.1. The first-order chi connectivity index (χ1) is 14.0. The molecule has 1 aliphatic rings. The molecule has 0 aliphatic carbocycles. The van der Waals surface area contributed by atoms with Crippen LogP contribution in [0.4, 0.5) is 5.69 Å². The molecule has 2 aromatic carbocycles. The minimum Gasteiger partial charge on any atom is -0.462 e. The number of nitrogens with zero attached hydrogens (tertiary/aromatic N) is 1. The Morgan fingerprint density at radius 3 is 2.55 bits per heavy atom. The molecule has 2 aromatic rings. The maximum absolute atomic E-state index is 12.7. The fraction of sp³-hybridized carbons (Fsp3) is 0.417. The van der Waals surface area contributed by atoms with E-state index in [1.54, 1.807) is 19.1 Å². The number of benzene rings is 2. The highest BCUT2D eigenvalue weighted by Crippen LogP contribution is 2.20. The second-order valence-corrected chi connectivity index (χ2v) is 7.88. The molecule has 1 heterocycles. The Balaban J connectivity index is 1.65. The van der Waals surface area contributed by atoms with E-state index >= 15 is 0 Å². The lowest BCUT2D eigenvalue weighted by Crippen LogP contribution is -2.33. The Morgan fingerprint density at radius 2 is 1.86 bits per heavy atom. The van der Waals surface area contributed by atoms with Gasteiger partial charge >= 0.3 is 5.97 Å². The molecule has 0 spiro atoms. The van der Waals surface area contributed by atoms with Crippen molar-refractivity contribution in [3.8, 4) is 0 Å². The summed E-state index contributed by atoms with van der Waals surface area (Å²) in [6.07, 6.45) is 2.57. The lowest BCUT2D eigenvalue weighted by atomic mass is 9.99. The van der Waals surface area contributed by atoms with Crippen LogP contribution < -0.4 is 5.32 Å². The molecule has 0 aromatic heterocycles. The predicted octanol–water partition coefficient (Wildman–Crippen LogP) is 4.66. The Bertz CT molecular complexity index is 861. The number of likely N-dealkylation sites (tertiary alicyclic amines) is 1. The fourth-order valence-electron chi connectivity index (χ4n) is 3.74. The summed E-state index contributed by atoms with van der Waals surface area (Å²) in [4.78, 5) is 27.1. The largest absolute Gasteiger partial charge is 0.462 e. The van der Waals surface area contributed by atoms with Crippen molar-refractivity contribution in [3.63, 3.8) is 0 Å². The number of ether oxygens (including phenoxy) is 1. The number of hydrogen-bond acceptors (Lipinski definition) is 4. The van der Waals surface area contributed by atoms with Crippen molar-refractivity contribution in [1.82, 2.24) is 4.90 Å². The van der Waals surface area contributed by atoms with Crippen LogP contribution in [0.3, 0.4) is 0 Å². The highest BCUT2D eigenvalue weighted by molar-refractivity contribution is 6.05. The molecule has 0 bridgehead atoms. The van der Waals surface area contributed by atoms with E-state index in [1.807, 2.05) is 37.3 Å². The first-order valence-corrected chi connectivity index (χ1v) is 10.4. The van der Waals surface area contributed by atoms with Gasteiger partial charge < -0.3 is 10.1 Å². The van der Waals surface area contributed by atoms with E-state index in [9.17, 15) is 9.59 Å². The minimum atomic E-state index is -0.389. The van der Waals surface area contributed by atoms with Gasteiger partial charge in [0.25, 0.3) is 5.91 Å². The summed E-state index contributed by atoms with van der Waals surface area (Å²) in [6, 6.07) is 13.0. The van der Waals surface area contributed by atoms with Gasteiger partial charge in [-0.3, -0.25) is 9.69 Å². The number of esters is 1. The molecule has 1 aliphatic heterocycles. The van der Waals surface area contributed by atoms with Crippen LogP contribution >= 0.6 is 0 Å². The van der Waals surface area contributed by atoms with Gasteiger partial charge in [-0.05, 0) is 74.5 Å². The average molecular weight is 395 g/mol. The van der Waals surface area contributed by atoms with Gasteiger partial charge in [-0.15, -0.1) is 0 Å². The van der Waals surface area contributed by atoms with Crippen LogP contribution in [0.25, 0.3) is 0 Å². The van der Waals surface area contributed by atoms with E-state index in [0.717, 1.165) is 31.1 Å². The third kappa shape index (κ3) is 5.67. The molecule has 1 N–H and O–H groups in total. The van der Waals surface area contributed by atoms with Crippen molar-refractivity contribution in [2.75, 3.05) is 25.0 Å². The predicted molar refractivity (Wildman–Crippen MR) is 115 cm³/mol. The maximum Gasteiger partial charge on any atom is 0.338 e. The van der Waals surface area contributed by atoms with Crippen molar-refractivity contribution < 1.29 is 14.3 Å². The summed E-state index contributed by atoms with van der Waals surface area (Å²) in [5, 5.41) is 2.91. The summed E-state index contributed by atoms with van der Waals surface area (Å²) < 4.78 is 5.04. The molecule has 0 radical (unpaired) electrons. The number of carbonyl (C=O) groups excluding carboxylic acids is 2. The molecule has 1 fully saturated rings. The van der Waals surface area contributed by atoms with Gasteiger partial charge in [0.1, 0.15) is 0 Å². The third-order valence-electron chi connectivity index (χ3n) is 5.36. The number of hydrogen-bond donors (Lipinski definition) is 1. The molecule has 0 unspecified atom stereocenters. The number of nitrogens with one attached hydrogen (secondary N) is 1. The van der Waals surface area contributed by atoms with Crippen LogP contribution in [0.15, 0.2) is 42.5 Å². The second-order valence-electron chi connectivity index (χ2n) is 7.88. The van der Waals surface area contributed by atoms with Gasteiger partial charge in [0.15, 0.2) is 0 Å². The number of carbonyl (C=O) groups is 2. The van der Waals surface area contributed by atoms with E-state index in [1.165, 1.54) is 18.4 Å². The van der Waals surface area contributed by atoms with Crippen molar-refractivity contribution in [3.05, 3.63) is 64.7 Å². The standard InChI is InChI=1S/C24H30N2O3/c1-4-29-24(28)21-10-7-18(3)22(14-21)25-23(27)20-11-8-19(9-12-20)16-26-13-5-6-17(2)15-26/h7-12,14,17H,4-6,13,15-16H2,1-3H3,(H,25,27)/t17-/m0/s1. The molecule has 1 atom stereocenters. The topological polar surface area (TPSA) is 58.6 Å². The highest BCUT2D eigenvalue weighted by atomic mass is 16.5. The van der Waals surface area contributed by atoms with Gasteiger partial charge in [-0.2, -0.15) is 0 Å². The number of amides is 1. The van der Waals surface area contributed by atoms with Crippen LogP contribution in [0.2, 0.25) is 0 Å². The van der Waals surface area contributed by atoms with E-state index in [0.29, 0.717) is 23.4 Å². The molecule has 154 valence electrons. The van der Waals surface area contributed by atoms with Crippen LogP contribution in [0, 0.1) is 12.8 Å². The SMILES string of the molecule is CCOC(=O)c1ccc(C)c(NC(=O)c2ccc(CN3CCC[C@H](C)C3)cc2)c1. The summed E-state index contributed by atoms with van der Waals surface area (Å²) in [6.45, 7) is 9.49. The minimum absolute atomic E-state index is 0.188. The van der Waals surface area contributed by atoms with E-state index < -0.39 is 0 Å². The normalized spacial score (nSPS) is 17.0. The molecule has 1 amide bonds. The van der Waals surface area contributed by atoms with Crippen molar-refractivity contribution >= 4 is 17.6 Å². The number of rotatable bonds is 6. The van der Waals surface area contributed by atoms with Crippen molar-refractivity contribution in [2.45, 2.75) is 40.2 Å². The zero-order valence-electron chi connectivity index (χ0n) is 17.5. The van der Waals surface area contributed by atoms with Crippen LogP contribution in [-0.4, -0.2) is 36.5 Å². The number of piperidine rings is 1. The Hall–Kier alpha value is -2.66. The first-order valence-electron chi connectivity index (χ1n) is 10.4. The Labute approximate surface area is 173 Å². The molecule has 1 saturated heterocycles. The van der Waals surface area contributed by atoms with Crippen molar-refractivity contribution in [1.29, 1.82) is 0 Å². The quantitative estimate of drug-likeness (QED) is 0.724. The van der Waals surface area contributed by atoms with Gasteiger partial charge in [0, 0.05) is 24.3 Å². The van der Waals surface area contributed by atoms with Gasteiger partial charge in [0.05, 0.1) is 12.2 Å². The molecular formula is C24H30N2O3. The molecule has 3 rings (SSSR count). The molecular weight excluding hydrogens is 364 g/mol. The van der Waals surface area contributed by atoms with Crippen LogP contribution in [0.5, 0.6) is 0 Å². The van der Waals surface area contributed by atoms with Gasteiger partial charge in [-0.25, -0.2) is 4.79 Å². The molecule has 5 nitrogen and oxygen atoms in total. The summed E-state index contributed by atoms with van der Waals surface area (Å²) in [7, 11) is 0. The number of aryl methyl sites for hydroxylation is 1. The maximum atomic E-state index is 12.7. The van der Waals surface area contributed by atoms with E-state index in [-0.39, 0.29) is 11.9 Å². The lowest BCUT2D eigenvalue weighted by molar-refractivity contribution is 0.0526. The van der Waals surface area contributed by atoms with Crippen LogP contribution in [0.1, 0.15) is 58.5 Å². The van der Waals surface area contributed by atoms with Gasteiger partial charge in [-0.1, -0.05) is 25.1 Å². The zero-order chi connectivity index (χ0) is 20.8. The highest BCUT2D eigenvalue weighted by Gasteiger charge is 2.17. The second kappa shape index (κ2) is 9.70. The van der Waals surface area contributed by atoms with E-state index in [4.69, 9.17) is 4.74 Å². The number of anilines is 1. The fourth-order valence-corrected chi connectivity index (χ4v) is 3.74.